The number of alkyl halides is 2. The molecule has 13 heteroatoms. The first-order valence-electron chi connectivity index (χ1n) is 25.0. The Bertz CT molecular complexity index is 3000. The molecule has 3 aliphatic heterocycles. The summed E-state index contributed by atoms with van der Waals surface area (Å²) in [4.78, 5) is 23.1. The largest absolute Gasteiger partial charge is 0.461 e. The molecule has 0 spiro atoms. The quantitative estimate of drug-likeness (QED) is 0.0727. The second-order valence-electron chi connectivity index (χ2n) is 19.8. The molecular weight excluding hydrogens is 897 g/mol. The number of fused-ring (bicyclic) bond motifs is 4. The van der Waals surface area contributed by atoms with Crippen molar-refractivity contribution in [2.75, 3.05) is 37.7 Å². The van der Waals surface area contributed by atoms with E-state index in [9.17, 15) is 2.74 Å². The Morgan fingerprint density at radius 1 is 0.956 bits per heavy atom. The zero-order valence-corrected chi connectivity index (χ0v) is 41.1. The number of benzene rings is 4. The van der Waals surface area contributed by atoms with Gasteiger partial charge in [0.15, 0.2) is 12.0 Å². The predicted octanol–water partition coefficient (Wildman–Crippen LogP) is 12.6. The zero-order chi connectivity index (χ0) is 49.3. The van der Waals surface area contributed by atoms with Crippen LogP contribution in [0.25, 0.3) is 32.9 Å². The third kappa shape index (κ3) is 8.27. The third-order valence-electron chi connectivity index (χ3n) is 14.8. The zero-order valence-electron chi connectivity index (χ0n) is 41.4. The molecule has 2 aromatic heterocycles. The summed E-state index contributed by atoms with van der Waals surface area (Å²) in [5.41, 5.74) is 7.17. The second-order valence-corrected chi connectivity index (χ2v) is 25.8. The van der Waals surface area contributed by atoms with Crippen LogP contribution in [0.2, 0.25) is 21.6 Å². The fourth-order valence-electron chi connectivity index (χ4n) is 11.5. The molecule has 0 amide bonds. The van der Waals surface area contributed by atoms with E-state index in [1.165, 1.54) is 6.20 Å². The molecule has 4 aromatic carbocycles. The van der Waals surface area contributed by atoms with Gasteiger partial charge in [-0.05, 0) is 66.0 Å². The van der Waals surface area contributed by atoms with E-state index in [0.717, 1.165) is 11.1 Å². The summed E-state index contributed by atoms with van der Waals surface area (Å²) in [6.07, 6.45) is -0.259. The molecule has 5 atom stereocenters. The van der Waals surface area contributed by atoms with Gasteiger partial charge in [-0.15, -0.1) is 5.54 Å². The fraction of sp³-hybridized carbons (Fsp3) is 0.418. The molecule has 0 radical (unpaired) electrons. The number of aliphatic imine (C=N–C) groups is 1. The van der Waals surface area contributed by atoms with Gasteiger partial charge in [0.05, 0.1) is 41.7 Å². The Labute approximate surface area is 406 Å². The van der Waals surface area contributed by atoms with Crippen LogP contribution in [0, 0.1) is 17.3 Å². The Morgan fingerprint density at radius 2 is 1.66 bits per heavy atom. The lowest BCUT2D eigenvalue weighted by molar-refractivity contribution is 0.105. The highest BCUT2D eigenvalue weighted by molar-refractivity contribution is 6.90. The number of anilines is 1. The van der Waals surface area contributed by atoms with Gasteiger partial charge in [0.1, 0.15) is 43.9 Å². The molecule has 6 aromatic rings. The summed E-state index contributed by atoms with van der Waals surface area (Å²) in [6.45, 7) is 12.3. The normalized spacial score (nSPS) is 23.3. The number of halogens is 4. The molecule has 4 aliphatic rings. The van der Waals surface area contributed by atoms with Crippen molar-refractivity contribution in [1.82, 2.24) is 19.9 Å². The maximum atomic E-state index is 18.3. The second kappa shape index (κ2) is 18.5. The van der Waals surface area contributed by atoms with Crippen molar-refractivity contribution in [3.8, 4) is 28.7 Å². The highest BCUT2D eigenvalue weighted by atomic mass is 35.5. The molecule has 0 unspecified atom stereocenters. The molecule has 3 saturated heterocycles. The van der Waals surface area contributed by atoms with Crippen LogP contribution in [0.4, 0.5) is 24.7 Å². The number of nitrogens with zero attached hydrogens (tertiary/aromatic N) is 6. The molecule has 1 saturated carbocycles. The average Bonchev–Trinajstić information content (AvgIpc) is 3.69. The number of rotatable bonds is 11. The van der Waals surface area contributed by atoms with Crippen LogP contribution in [0.1, 0.15) is 86.7 Å². The fourth-order valence-corrected chi connectivity index (χ4v) is 16.9. The van der Waals surface area contributed by atoms with Crippen molar-refractivity contribution >= 4 is 58.6 Å². The maximum Gasteiger partial charge on any atom is 0.319 e. The Kier molecular flexibility index (Phi) is 12.0. The van der Waals surface area contributed by atoms with Crippen LogP contribution in [-0.2, 0) is 4.74 Å². The molecule has 352 valence electrons. The third-order valence-corrected chi connectivity index (χ3v) is 21.4. The number of aromatic nitrogens is 3. The van der Waals surface area contributed by atoms with Crippen molar-refractivity contribution in [3.05, 3.63) is 119 Å². The SMILES string of the molecule is [2H]C([2H])(Oc1nc(N2CCCO[C@H]3[C@H](F)[C@H]32)c2cnc(-c3cc(N=C(c4ccccc4)c4ccccc4)cc4ccc(Cl)c(C#C[Si](C(C)C)(C(C)C)C(C)C)c34)c(F)c2n1)[C@@]12CCCN1C[C@H](F)C2. The minimum absolute atomic E-state index is 0.0648. The summed E-state index contributed by atoms with van der Waals surface area (Å²) >= 11 is 7.21. The Hall–Kier alpha value is -5.32. The van der Waals surface area contributed by atoms with Crippen LogP contribution in [0.5, 0.6) is 6.01 Å². The standard InChI is InChI=1S/C55H58ClF3N6O2Si/c1-33(2)68(34(3)4,35(5)6)26-21-41-44(56)20-19-38-27-40(61-48(36-15-9-7-10-16-36)37-17-11-8-12-18-37)28-42(45(38)41)49-46(58)50-43(30-60-49)53(65-24-14-25-66-52-47(59)51(52)65)63-54(62-50)67-32-55-22-13-23-64(55)31-39(57)29-55/h7-12,15-20,27-28,30,33-35,39,47,51-52H,13-14,22-25,29,31-32H2,1-6H3/t39-,47-,51-,52+,55+/m1/s1/i32D2. The van der Waals surface area contributed by atoms with Gasteiger partial charge >= 0.3 is 6.01 Å². The number of hydrogen-bond acceptors (Lipinski definition) is 8. The lowest BCUT2D eigenvalue weighted by Gasteiger charge is -2.38. The number of pyridine rings is 1. The molecule has 10 rings (SSSR count). The Morgan fingerprint density at radius 3 is 2.35 bits per heavy atom. The summed E-state index contributed by atoms with van der Waals surface area (Å²) in [5.74, 6) is 2.91. The molecule has 5 heterocycles. The molecule has 8 nitrogen and oxygen atoms in total. The van der Waals surface area contributed by atoms with E-state index in [-0.39, 0.29) is 35.4 Å². The molecule has 68 heavy (non-hydrogen) atoms. The minimum atomic E-state index is -2.48. The van der Waals surface area contributed by atoms with Gasteiger partial charge in [-0.3, -0.25) is 9.88 Å². The maximum absolute atomic E-state index is 18.3. The van der Waals surface area contributed by atoms with Gasteiger partial charge in [-0.1, -0.05) is 126 Å². The molecule has 0 N–H and O–H groups in total. The van der Waals surface area contributed by atoms with Crippen LogP contribution >= 0.6 is 11.6 Å². The van der Waals surface area contributed by atoms with Gasteiger partial charge in [-0.2, -0.15) is 9.97 Å². The van der Waals surface area contributed by atoms with Crippen LogP contribution < -0.4 is 9.64 Å². The van der Waals surface area contributed by atoms with Crippen molar-refractivity contribution in [1.29, 1.82) is 0 Å². The summed E-state index contributed by atoms with van der Waals surface area (Å²) in [6, 6.07) is 26.0. The monoisotopic (exact) mass is 956 g/mol. The van der Waals surface area contributed by atoms with Crippen LogP contribution in [0.3, 0.4) is 0 Å². The highest BCUT2D eigenvalue weighted by Gasteiger charge is 2.58. The Balaban J connectivity index is 1.23. The summed E-state index contributed by atoms with van der Waals surface area (Å²) < 4.78 is 79.6. The van der Waals surface area contributed by atoms with Gasteiger partial charge in [0.25, 0.3) is 0 Å². The lowest BCUT2D eigenvalue weighted by Crippen LogP contribution is -2.43. The molecular formula is C55H58ClF3N6O2Si. The molecule has 0 bridgehead atoms. The van der Waals surface area contributed by atoms with Gasteiger partial charge in [0, 0.05) is 54.4 Å². The number of ether oxygens (including phenoxy) is 2. The van der Waals surface area contributed by atoms with E-state index in [2.05, 4.69) is 58.0 Å². The van der Waals surface area contributed by atoms with E-state index in [4.69, 9.17) is 36.0 Å². The number of hydrogen-bond donors (Lipinski definition) is 0. The smallest absolute Gasteiger partial charge is 0.319 e. The summed E-state index contributed by atoms with van der Waals surface area (Å²) in [5, 5.41) is 1.88. The first kappa shape index (κ1) is 43.9. The lowest BCUT2D eigenvalue weighted by atomic mass is 9.95. The van der Waals surface area contributed by atoms with Crippen molar-refractivity contribution in [3.63, 3.8) is 0 Å². The van der Waals surface area contributed by atoms with Crippen molar-refractivity contribution in [2.45, 2.75) is 114 Å². The predicted molar refractivity (Wildman–Crippen MR) is 270 cm³/mol. The van der Waals surface area contributed by atoms with Gasteiger partial charge < -0.3 is 14.4 Å². The minimum Gasteiger partial charge on any atom is -0.461 e. The van der Waals surface area contributed by atoms with Gasteiger partial charge in [0.2, 0.25) is 0 Å². The van der Waals surface area contributed by atoms with Crippen LogP contribution in [0.15, 0.2) is 96.1 Å². The van der Waals surface area contributed by atoms with Crippen molar-refractivity contribution < 1.29 is 25.4 Å². The highest BCUT2D eigenvalue weighted by Crippen LogP contribution is 2.46. The van der Waals surface area contributed by atoms with Crippen LogP contribution in [-0.4, -0.2) is 96.5 Å². The van der Waals surface area contributed by atoms with Gasteiger partial charge in [-0.25, -0.2) is 18.2 Å². The summed E-state index contributed by atoms with van der Waals surface area (Å²) in [7, 11) is -2.31. The van der Waals surface area contributed by atoms with E-state index < -0.39 is 56.5 Å². The average molecular weight is 958 g/mol. The van der Waals surface area contributed by atoms with E-state index in [1.54, 1.807) is 15.9 Å². The van der Waals surface area contributed by atoms with Crippen molar-refractivity contribution in [2.24, 2.45) is 4.99 Å². The first-order valence-corrected chi connectivity index (χ1v) is 26.6. The molecule has 4 fully saturated rings. The van der Waals surface area contributed by atoms with E-state index >= 15 is 13.2 Å². The molecule has 1 aliphatic carbocycles. The topological polar surface area (TPSA) is 76.0 Å². The van der Waals surface area contributed by atoms with E-state index in [0.29, 0.717) is 93.9 Å². The van der Waals surface area contributed by atoms with E-state index in [1.807, 2.05) is 78.9 Å². The first-order chi connectivity index (χ1) is 33.5.